The highest BCUT2D eigenvalue weighted by molar-refractivity contribution is 9.10. The maximum absolute atomic E-state index is 13.0. The minimum Gasteiger partial charge on any atom is -0.357 e. The van der Waals surface area contributed by atoms with Gasteiger partial charge in [-0.05, 0) is 40.9 Å². The number of anilines is 1. The van der Waals surface area contributed by atoms with Crippen LogP contribution in [0.25, 0.3) is 0 Å². The lowest BCUT2D eigenvalue weighted by atomic mass is 10.4. The molecule has 0 spiro atoms. The van der Waals surface area contributed by atoms with Crippen molar-refractivity contribution in [2.45, 2.75) is 12.8 Å². The van der Waals surface area contributed by atoms with Crippen molar-refractivity contribution in [1.29, 1.82) is 0 Å². The van der Waals surface area contributed by atoms with Gasteiger partial charge in [0.1, 0.15) is 5.82 Å². The lowest BCUT2D eigenvalue weighted by molar-refractivity contribution is 0.575. The van der Waals surface area contributed by atoms with E-state index in [-0.39, 0.29) is 0 Å². The first-order valence-corrected chi connectivity index (χ1v) is 5.13. The molecule has 1 saturated heterocycles. The summed E-state index contributed by atoms with van der Waals surface area (Å²) in [5, 5.41) is 0. The lowest BCUT2D eigenvalue weighted by Crippen LogP contribution is -2.19. The van der Waals surface area contributed by atoms with Crippen molar-refractivity contribution in [3.63, 3.8) is 0 Å². The molecule has 0 unspecified atom stereocenters. The monoisotopic (exact) mass is 244 g/mol. The van der Waals surface area contributed by atoms with Crippen LogP contribution >= 0.6 is 15.9 Å². The summed E-state index contributed by atoms with van der Waals surface area (Å²) in [4.78, 5) is 5.97. The second-order valence-electron chi connectivity index (χ2n) is 3.14. The molecule has 1 aromatic heterocycles. The molecule has 13 heavy (non-hydrogen) atoms. The Labute approximate surface area is 84.9 Å². The summed E-state index contributed by atoms with van der Waals surface area (Å²) in [6, 6.07) is 3.55. The molecule has 0 bridgehead atoms. The summed E-state index contributed by atoms with van der Waals surface area (Å²) >= 11 is 3.08. The number of pyridine rings is 1. The van der Waals surface area contributed by atoms with E-state index in [4.69, 9.17) is 0 Å². The van der Waals surface area contributed by atoms with Crippen molar-refractivity contribution < 1.29 is 4.39 Å². The lowest BCUT2D eigenvalue weighted by Gasteiger charge is -2.15. The second kappa shape index (κ2) is 3.62. The molecule has 0 N–H and O–H groups in total. The molecule has 0 radical (unpaired) electrons. The highest BCUT2D eigenvalue weighted by Crippen LogP contribution is 2.21. The number of rotatable bonds is 1. The Balaban J connectivity index is 2.25. The summed E-state index contributed by atoms with van der Waals surface area (Å²) in [6.45, 7) is 1.99. The van der Waals surface area contributed by atoms with E-state index in [1.807, 2.05) is 6.07 Å². The van der Waals surface area contributed by atoms with Crippen LogP contribution in [0.5, 0.6) is 0 Å². The van der Waals surface area contributed by atoms with Crippen molar-refractivity contribution in [3.05, 3.63) is 22.6 Å². The highest BCUT2D eigenvalue weighted by Gasteiger charge is 2.14. The van der Waals surface area contributed by atoms with Gasteiger partial charge in [-0.1, -0.05) is 0 Å². The molecule has 4 heteroatoms. The number of aromatic nitrogens is 1. The fraction of sp³-hybridized carbons (Fsp3) is 0.444. The minimum atomic E-state index is -0.426. The third-order valence-corrected chi connectivity index (χ3v) is 2.81. The highest BCUT2D eigenvalue weighted by atomic mass is 79.9. The zero-order chi connectivity index (χ0) is 9.26. The molecule has 0 amide bonds. The third kappa shape index (κ3) is 1.82. The Bertz CT molecular complexity index is 310. The van der Waals surface area contributed by atoms with Crippen LogP contribution in [0.15, 0.2) is 16.6 Å². The van der Waals surface area contributed by atoms with Gasteiger partial charge in [-0.2, -0.15) is 4.39 Å². The Morgan fingerprint density at radius 1 is 1.31 bits per heavy atom. The zero-order valence-corrected chi connectivity index (χ0v) is 8.72. The molecule has 2 rings (SSSR count). The molecule has 70 valence electrons. The van der Waals surface area contributed by atoms with Gasteiger partial charge >= 0.3 is 0 Å². The van der Waals surface area contributed by atoms with E-state index in [9.17, 15) is 4.39 Å². The summed E-state index contributed by atoms with van der Waals surface area (Å²) in [6.07, 6.45) is 2.36. The Morgan fingerprint density at radius 2 is 2.00 bits per heavy atom. The number of halogens is 2. The van der Waals surface area contributed by atoms with Crippen molar-refractivity contribution in [2.24, 2.45) is 0 Å². The summed E-state index contributed by atoms with van der Waals surface area (Å²) < 4.78 is 13.5. The SMILES string of the molecule is Fc1nc(N2CCCC2)ccc1Br. The topological polar surface area (TPSA) is 16.1 Å². The van der Waals surface area contributed by atoms with E-state index in [1.54, 1.807) is 6.07 Å². The molecule has 1 aliphatic heterocycles. The van der Waals surface area contributed by atoms with Crippen LogP contribution in [0.1, 0.15) is 12.8 Å². The smallest absolute Gasteiger partial charge is 0.229 e. The Hall–Kier alpha value is -0.640. The molecule has 1 fully saturated rings. The van der Waals surface area contributed by atoms with Gasteiger partial charge in [0, 0.05) is 13.1 Å². The summed E-state index contributed by atoms with van der Waals surface area (Å²) in [5.41, 5.74) is 0. The first-order chi connectivity index (χ1) is 6.27. The largest absolute Gasteiger partial charge is 0.357 e. The van der Waals surface area contributed by atoms with Gasteiger partial charge in [0.2, 0.25) is 5.95 Å². The molecular formula is C9H10BrFN2. The predicted octanol–water partition coefficient (Wildman–Crippen LogP) is 2.58. The first kappa shape index (κ1) is 8.94. The average molecular weight is 245 g/mol. The number of hydrogen-bond donors (Lipinski definition) is 0. The molecule has 0 atom stereocenters. The minimum absolute atomic E-state index is 0.426. The van der Waals surface area contributed by atoms with Gasteiger partial charge in [0.15, 0.2) is 0 Å². The third-order valence-electron chi connectivity index (χ3n) is 2.22. The van der Waals surface area contributed by atoms with Crippen molar-refractivity contribution in [3.8, 4) is 0 Å². The van der Waals surface area contributed by atoms with Crippen LogP contribution in [0.2, 0.25) is 0 Å². The first-order valence-electron chi connectivity index (χ1n) is 4.34. The normalized spacial score (nSPS) is 16.6. The van der Waals surface area contributed by atoms with E-state index in [0.717, 1.165) is 18.9 Å². The van der Waals surface area contributed by atoms with Gasteiger partial charge in [0.05, 0.1) is 4.47 Å². The molecule has 1 aliphatic rings. The van der Waals surface area contributed by atoms with Crippen molar-refractivity contribution in [1.82, 2.24) is 4.98 Å². The maximum Gasteiger partial charge on any atom is 0.229 e. The molecule has 2 heterocycles. The van der Waals surface area contributed by atoms with E-state index >= 15 is 0 Å². The fourth-order valence-corrected chi connectivity index (χ4v) is 1.75. The fourth-order valence-electron chi connectivity index (χ4n) is 1.53. The van der Waals surface area contributed by atoms with Gasteiger partial charge in [-0.25, -0.2) is 4.98 Å². The van der Waals surface area contributed by atoms with Gasteiger partial charge in [-0.3, -0.25) is 0 Å². The van der Waals surface area contributed by atoms with Gasteiger partial charge in [-0.15, -0.1) is 0 Å². The van der Waals surface area contributed by atoms with Crippen LogP contribution in [0.4, 0.5) is 10.2 Å². The molecule has 0 saturated carbocycles. The van der Waals surface area contributed by atoms with Crippen LogP contribution < -0.4 is 4.90 Å². The number of hydrogen-bond acceptors (Lipinski definition) is 2. The second-order valence-corrected chi connectivity index (χ2v) is 3.99. The maximum atomic E-state index is 13.0. The van der Waals surface area contributed by atoms with Crippen LogP contribution in [-0.2, 0) is 0 Å². The zero-order valence-electron chi connectivity index (χ0n) is 7.13. The summed E-state index contributed by atoms with van der Waals surface area (Å²) in [5.74, 6) is 0.322. The average Bonchev–Trinajstić information content (AvgIpc) is 2.62. The van der Waals surface area contributed by atoms with Crippen LogP contribution in [0, 0.1) is 5.95 Å². The molecule has 2 nitrogen and oxygen atoms in total. The van der Waals surface area contributed by atoms with Crippen LogP contribution in [0.3, 0.4) is 0 Å². The van der Waals surface area contributed by atoms with Crippen LogP contribution in [-0.4, -0.2) is 18.1 Å². The van der Waals surface area contributed by atoms with Gasteiger partial charge < -0.3 is 4.90 Å². The molecular weight excluding hydrogens is 235 g/mol. The van der Waals surface area contributed by atoms with E-state index < -0.39 is 5.95 Å². The molecule has 0 aliphatic carbocycles. The van der Waals surface area contributed by atoms with Crippen molar-refractivity contribution in [2.75, 3.05) is 18.0 Å². The quantitative estimate of drug-likeness (QED) is 0.707. The summed E-state index contributed by atoms with van der Waals surface area (Å²) in [7, 11) is 0. The van der Waals surface area contributed by atoms with E-state index in [0.29, 0.717) is 4.47 Å². The van der Waals surface area contributed by atoms with E-state index in [1.165, 1.54) is 12.8 Å². The van der Waals surface area contributed by atoms with Crippen molar-refractivity contribution >= 4 is 21.7 Å². The van der Waals surface area contributed by atoms with E-state index in [2.05, 4.69) is 25.8 Å². The molecule has 0 aromatic carbocycles. The molecule has 1 aromatic rings. The number of nitrogens with zero attached hydrogens (tertiary/aromatic N) is 2. The Kier molecular flexibility index (Phi) is 2.49. The van der Waals surface area contributed by atoms with Gasteiger partial charge in [0.25, 0.3) is 0 Å². The standard InChI is InChI=1S/C9H10BrFN2/c10-7-3-4-8(12-9(7)11)13-5-1-2-6-13/h3-4H,1-2,5-6H2. The Morgan fingerprint density at radius 3 is 2.62 bits per heavy atom. The predicted molar refractivity (Wildman–Crippen MR) is 53.3 cm³/mol.